The maximum Gasteiger partial charge on any atom is 0.429 e. The van der Waals surface area contributed by atoms with Gasteiger partial charge in [0, 0.05) is 37.5 Å². The molecule has 11 nitrogen and oxygen atoms in total. The van der Waals surface area contributed by atoms with Crippen LogP contribution >= 0.6 is 0 Å². The van der Waals surface area contributed by atoms with Gasteiger partial charge >= 0.3 is 12.1 Å². The van der Waals surface area contributed by atoms with Crippen LogP contribution in [0.3, 0.4) is 0 Å². The fraction of sp³-hybridized carbons (Fsp3) is 0.316. The lowest BCUT2D eigenvalue weighted by Crippen LogP contribution is -2.41. The van der Waals surface area contributed by atoms with Crippen molar-refractivity contribution in [2.24, 2.45) is 5.41 Å². The van der Waals surface area contributed by atoms with Gasteiger partial charge in [0.15, 0.2) is 11.6 Å². The molecule has 2 aromatic heterocycles. The minimum absolute atomic E-state index is 0.0394. The molecular weight excluding hydrogens is 694 g/mol. The number of aliphatic carboxylic acids is 1. The number of hydrogen-bond donors (Lipinski definition) is 3. The van der Waals surface area contributed by atoms with E-state index in [1.54, 1.807) is 19.1 Å². The third-order valence-corrected chi connectivity index (χ3v) is 9.83. The molecule has 2 aliphatic rings. The van der Waals surface area contributed by atoms with Gasteiger partial charge in [0.1, 0.15) is 18.5 Å². The third-order valence-electron chi connectivity index (χ3n) is 9.83. The molecule has 2 atom stereocenters. The average molecular weight is 732 g/mol. The summed E-state index contributed by atoms with van der Waals surface area (Å²) in [6, 6.07) is 20.3. The number of aryl methyl sites for hydroxylation is 1. The molecule has 4 N–H and O–H groups in total. The highest BCUT2D eigenvalue weighted by atomic mass is 19.4. The number of halogens is 4. The van der Waals surface area contributed by atoms with E-state index in [0.717, 1.165) is 5.56 Å². The van der Waals surface area contributed by atoms with Crippen molar-refractivity contribution in [3.8, 4) is 28.4 Å². The van der Waals surface area contributed by atoms with Gasteiger partial charge in [-0.05, 0) is 72.6 Å². The molecule has 0 amide bonds. The molecule has 4 heterocycles. The first kappa shape index (κ1) is 35.7. The number of carbonyl (C=O) groups is 1. The molecule has 2 aliphatic heterocycles. The van der Waals surface area contributed by atoms with Gasteiger partial charge in [-0.1, -0.05) is 48.5 Å². The number of nitrogens with one attached hydrogen (secondary N) is 1. The lowest BCUT2D eigenvalue weighted by Gasteiger charge is -2.39. The monoisotopic (exact) mass is 731 g/mol. The van der Waals surface area contributed by atoms with E-state index in [1.165, 1.54) is 47.3 Å². The van der Waals surface area contributed by atoms with Gasteiger partial charge in [-0.3, -0.25) is 4.79 Å². The number of nitrogens with two attached hydrogens (primary N) is 1. The SMILES string of the molecule is Cc1ccn(-c2cc(-c3ccc(OCc4ccccc4)c(F)c3)ccc2C(Oc2cc(N3CCC4(CC3)CNC(C(=O)O)C4)nc(N)n2)C(F)(F)F)n1. The predicted molar refractivity (Wildman–Crippen MR) is 188 cm³/mol. The predicted octanol–water partition coefficient (Wildman–Crippen LogP) is 6.65. The zero-order valence-electron chi connectivity index (χ0n) is 28.7. The first-order valence-electron chi connectivity index (χ1n) is 17.1. The molecule has 5 aromatic rings. The van der Waals surface area contributed by atoms with Gasteiger partial charge in [0.25, 0.3) is 0 Å². The number of piperidine rings is 1. The van der Waals surface area contributed by atoms with Crippen LogP contribution in [0.25, 0.3) is 16.8 Å². The normalized spacial score (nSPS) is 17.5. The maximum atomic E-state index is 15.2. The standard InChI is InChI=1S/C38H37F4N7O4/c1-23-11-14-49(47-23)30-18-26(25-8-10-31(28(39)17-25)52-21-24-5-3-2-4-6-24)7-9-27(30)34(38(40,41)42)53-33-19-32(45-36(43)46-33)48-15-12-37(13-16-48)20-29(35(50)51)44-22-37/h2-11,14,17-19,29,34,44H,12-13,15-16,20-22H2,1H3,(H,50,51)(H2,43,45,46). The number of rotatable bonds is 10. The zero-order valence-corrected chi connectivity index (χ0v) is 28.7. The molecule has 2 unspecified atom stereocenters. The number of carboxylic acid groups (broad SMARTS) is 1. The second kappa shape index (κ2) is 14.4. The van der Waals surface area contributed by atoms with Gasteiger partial charge in [0.2, 0.25) is 17.9 Å². The number of benzene rings is 3. The first-order chi connectivity index (χ1) is 25.4. The van der Waals surface area contributed by atoms with E-state index < -0.39 is 30.1 Å². The van der Waals surface area contributed by atoms with Crippen LogP contribution in [-0.4, -0.2) is 62.7 Å². The number of hydrogen-bond acceptors (Lipinski definition) is 9. The van der Waals surface area contributed by atoms with Crippen LogP contribution in [0, 0.1) is 18.2 Å². The van der Waals surface area contributed by atoms with E-state index in [9.17, 15) is 23.1 Å². The highest BCUT2D eigenvalue weighted by molar-refractivity contribution is 5.74. The number of anilines is 2. The van der Waals surface area contributed by atoms with E-state index in [1.807, 2.05) is 35.2 Å². The number of nitrogen functional groups attached to an aromatic ring is 1. The molecule has 2 fully saturated rings. The molecule has 0 aliphatic carbocycles. The summed E-state index contributed by atoms with van der Waals surface area (Å²) >= 11 is 0. The van der Waals surface area contributed by atoms with E-state index in [2.05, 4.69) is 20.4 Å². The Bertz CT molecular complexity index is 2100. The summed E-state index contributed by atoms with van der Waals surface area (Å²) in [5.74, 6) is -1.80. The van der Waals surface area contributed by atoms with Crippen LogP contribution in [0.15, 0.2) is 85.1 Å². The summed E-state index contributed by atoms with van der Waals surface area (Å²) in [4.78, 5) is 21.7. The molecule has 2 saturated heterocycles. The summed E-state index contributed by atoms with van der Waals surface area (Å²) in [6.07, 6.45) is -4.02. The number of nitrogens with zero attached hydrogens (tertiary/aromatic N) is 5. The molecule has 7 rings (SSSR count). The topological polar surface area (TPSA) is 141 Å². The van der Waals surface area contributed by atoms with Gasteiger partial charge in [-0.15, -0.1) is 0 Å². The first-order valence-corrected chi connectivity index (χ1v) is 17.1. The second-order valence-electron chi connectivity index (χ2n) is 13.5. The Morgan fingerprint density at radius 3 is 2.43 bits per heavy atom. The Labute approximate surface area is 302 Å². The van der Waals surface area contributed by atoms with Crippen molar-refractivity contribution in [3.05, 3.63) is 108 Å². The summed E-state index contributed by atoms with van der Waals surface area (Å²) in [6.45, 7) is 3.45. The fourth-order valence-corrected chi connectivity index (χ4v) is 6.99. The summed E-state index contributed by atoms with van der Waals surface area (Å²) < 4.78 is 72.8. The Morgan fingerprint density at radius 1 is 1.04 bits per heavy atom. The lowest BCUT2D eigenvalue weighted by molar-refractivity contribution is -0.198. The average Bonchev–Trinajstić information content (AvgIpc) is 3.76. The molecule has 53 heavy (non-hydrogen) atoms. The van der Waals surface area contributed by atoms with Crippen molar-refractivity contribution in [3.63, 3.8) is 0 Å². The number of ether oxygens (including phenoxy) is 2. The van der Waals surface area contributed by atoms with Crippen LogP contribution in [0.5, 0.6) is 11.6 Å². The lowest BCUT2D eigenvalue weighted by atomic mass is 9.76. The quantitative estimate of drug-likeness (QED) is 0.134. The van der Waals surface area contributed by atoms with Crippen LogP contribution in [-0.2, 0) is 11.4 Å². The Morgan fingerprint density at radius 2 is 1.77 bits per heavy atom. The van der Waals surface area contributed by atoms with Crippen molar-refractivity contribution >= 4 is 17.7 Å². The van der Waals surface area contributed by atoms with Crippen LogP contribution in [0.4, 0.5) is 29.3 Å². The third kappa shape index (κ3) is 7.89. The molecule has 1 spiro atoms. The highest BCUT2D eigenvalue weighted by Gasteiger charge is 2.46. The highest BCUT2D eigenvalue weighted by Crippen LogP contribution is 2.43. The Hall–Kier alpha value is -5.70. The van der Waals surface area contributed by atoms with Crippen LogP contribution in [0.2, 0.25) is 0 Å². The van der Waals surface area contributed by atoms with Gasteiger partial charge in [-0.25, -0.2) is 9.07 Å². The van der Waals surface area contributed by atoms with E-state index >= 15 is 4.39 Å². The van der Waals surface area contributed by atoms with Gasteiger partial charge in [-0.2, -0.15) is 28.2 Å². The van der Waals surface area contributed by atoms with Crippen molar-refractivity contribution in [2.45, 2.75) is 51.1 Å². The summed E-state index contributed by atoms with van der Waals surface area (Å²) in [7, 11) is 0. The van der Waals surface area contributed by atoms with Crippen molar-refractivity contribution < 1.29 is 36.9 Å². The minimum atomic E-state index is -4.91. The Balaban J connectivity index is 1.16. The molecule has 276 valence electrons. The van der Waals surface area contributed by atoms with Crippen LogP contribution in [0.1, 0.15) is 42.2 Å². The maximum absolute atomic E-state index is 15.2. The molecule has 0 radical (unpaired) electrons. The van der Waals surface area contributed by atoms with E-state index in [0.29, 0.717) is 61.5 Å². The molecule has 0 saturated carbocycles. The van der Waals surface area contributed by atoms with E-state index in [-0.39, 0.29) is 40.9 Å². The van der Waals surface area contributed by atoms with Gasteiger partial charge in [0.05, 0.1) is 11.4 Å². The Kier molecular flexibility index (Phi) is 9.68. The minimum Gasteiger partial charge on any atom is -0.486 e. The van der Waals surface area contributed by atoms with Crippen molar-refractivity contribution in [1.82, 2.24) is 25.1 Å². The van der Waals surface area contributed by atoms with Gasteiger partial charge < -0.3 is 30.5 Å². The summed E-state index contributed by atoms with van der Waals surface area (Å²) in [5, 5.41) is 16.9. The zero-order chi connectivity index (χ0) is 37.3. The second-order valence-corrected chi connectivity index (χ2v) is 13.5. The van der Waals surface area contributed by atoms with Crippen LogP contribution < -0.4 is 25.4 Å². The molecular formula is C38H37F4N7O4. The molecule has 0 bridgehead atoms. The van der Waals surface area contributed by atoms with Crippen molar-refractivity contribution in [1.29, 1.82) is 0 Å². The number of aromatic nitrogens is 4. The molecule has 3 aromatic carbocycles. The number of carboxylic acids is 1. The largest absolute Gasteiger partial charge is 0.486 e. The van der Waals surface area contributed by atoms with Crippen molar-refractivity contribution in [2.75, 3.05) is 30.3 Å². The number of alkyl halides is 3. The summed E-state index contributed by atoms with van der Waals surface area (Å²) in [5.41, 5.74) is 7.91. The van der Waals surface area contributed by atoms with E-state index in [4.69, 9.17) is 15.2 Å². The smallest absolute Gasteiger partial charge is 0.429 e. The fourth-order valence-electron chi connectivity index (χ4n) is 6.99. The molecule has 15 heteroatoms.